The Morgan fingerprint density at radius 3 is 2.18 bits per heavy atom. The van der Waals surface area contributed by atoms with Crippen LogP contribution < -0.4 is 0 Å². The predicted molar refractivity (Wildman–Crippen MR) is 31.2 cm³/mol. The summed E-state index contributed by atoms with van der Waals surface area (Å²) in [6.07, 6.45) is -1.01. The van der Waals surface area contributed by atoms with E-state index in [9.17, 15) is 21.8 Å². The first-order chi connectivity index (χ1) is 4.77. The Balaban J connectivity index is 4.13. The molecule has 11 heavy (non-hydrogen) atoms. The van der Waals surface area contributed by atoms with Gasteiger partial charge < -0.3 is 9.66 Å². The third-order valence-corrected chi connectivity index (χ3v) is 1.64. The van der Waals surface area contributed by atoms with Gasteiger partial charge in [0.2, 0.25) is 0 Å². The van der Waals surface area contributed by atoms with E-state index in [2.05, 4.69) is 0 Å². The Morgan fingerprint density at radius 2 is 1.91 bits per heavy atom. The number of aliphatic hydroxyl groups is 1. The zero-order chi connectivity index (χ0) is 9.12. The summed E-state index contributed by atoms with van der Waals surface area (Å²) in [6.45, 7) is -0.845. The molecule has 0 fully saturated rings. The van der Waals surface area contributed by atoms with Gasteiger partial charge in [-0.05, 0) is 0 Å². The van der Waals surface area contributed by atoms with Crippen LogP contribution in [0.5, 0.6) is 0 Å². The highest BCUT2D eigenvalue weighted by molar-refractivity contribution is 7.85. The molecule has 4 nitrogen and oxygen atoms in total. The SMILES string of the molecule is O=S(=O)([O-])CC(F)(F)CCO. The van der Waals surface area contributed by atoms with Crippen molar-refractivity contribution in [1.82, 2.24) is 0 Å². The van der Waals surface area contributed by atoms with Gasteiger partial charge in [-0.15, -0.1) is 0 Å². The van der Waals surface area contributed by atoms with Crippen molar-refractivity contribution in [1.29, 1.82) is 0 Å². The molecule has 0 heterocycles. The Bertz CT molecular complexity index is 210. The molecule has 0 spiro atoms. The molecular weight excluding hydrogens is 182 g/mol. The van der Waals surface area contributed by atoms with Gasteiger partial charge in [0.1, 0.15) is 15.9 Å². The highest BCUT2D eigenvalue weighted by Crippen LogP contribution is 2.19. The van der Waals surface area contributed by atoms with Crippen molar-refractivity contribution in [3.05, 3.63) is 0 Å². The fourth-order valence-electron chi connectivity index (χ4n) is 0.494. The molecule has 0 saturated carbocycles. The molecule has 0 aliphatic carbocycles. The van der Waals surface area contributed by atoms with E-state index in [1.54, 1.807) is 0 Å². The van der Waals surface area contributed by atoms with Gasteiger partial charge in [-0.3, -0.25) is 0 Å². The van der Waals surface area contributed by atoms with Gasteiger partial charge in [0.25, 0.3) is 5.92 Å². The van der Waals surface area contributed by atoms with Gasteiger partial charge in [-0.25, -0.2) is 17.2 Å². The van der Waals surface area contributed by atoms with Crippen LogP contribution in [-0.2, 0) is 10.1 Å². The number of hydrogen-bond acceptors (Lipinski definition) is 4. The highest BCUT2D eigenvalue weighted by Gasteiger charge is 2.30. The molecule has 0 atom stereocenters. The molecular formula is C4H7F2O4S-. The van der Waals surface area contributed by atoms with Gasteiger partial charge in [0.05, 0.1) is 0 Å². The standard InChI is InChI=1S/C4H8F2O4S/c5-4(6,1-2-7)3-11(8,9)10/h7H,1-3H2,(H,8,9,10)/p-1. The molecule has 0 bridgehead atoms. The summed E-state index contributed by atoms with van der Waals surface area (Å²) < 4.78 is 53.8. The van der Waals surface area contributed by atoms with Gasteiger partial charge >= 0.3 is 0 Å². The lowest BCUT2D eigenvalue weighted by Gasteiger charge is -2.16. The smallest absolute Gasteiger partial charge is 0.263 e. The van der Waals surface area contributed by atoms with Crippen LogP contribution >= 0.6 is 0 Å². The quantitative estimate of drug-likeness (QED) is 0.607. The minimum absolute atomic E-state index is 0.845. The van der Waals surface area contributed by atoms with Gasteiger partial charge in [0, 0.05) is 13.0 Å². The van der Waals surface area contributed by atoms with Crippen LogP contribution in [0.4, 0.5) is 8.78 Å². The van der Waals surface area contributed by atoms with E-state index in [0.717, 1.165) is 0 Å². The molecule has 68 valence electrons. The molecule has 0 radical (unpaired) electrons. The molecule has 0 amide bonds. The van der Waals surface area contributed by atoms with Crippen LogP contribution in [-0.4, -0.2) is 36.4 Å². The van der Waals surface area contributed by atoms with E-state index >= 15 is 0 Å². The minimum Gasteiger partial charge on any atom is -0.748 e. The zero-order valence-electron chi connectivity index (χ0n) is 5.46. The van der Waals surface area contributed by atoms with Crippen LogP contribution in [0.25, 0.3) is 0 Å². The van der Waals surface area contributed by atoms with Crippen LogP contribution in [0.2, 0.25) is 0 Å². The summed E-state index contributed by atoms with van der Waals surface area (Å²) in [7, 11) is -4.92. The maximum atomic E-state index is 12.2. The summed E-state index contributed by atoms with van der Waals surface area (Å²) in [5.74, 6) is -5.37. The third kappa shape index (κ3) is 6.14. The maximum Gasteiger partial charge on any atom is 0.263 e. The normalized spacial score (nSPS) is 13.5. The van der Waals surface area contributed by atoms with Crippen molar-refractivity contribution >= 4 is 10.1 Å². The first-order valence-electron chi connectivity index (χ1n) is 2.69. The number of rotatable bonds is 4. The Kier molecular flexibility index (Phi) is 3.33. The Morgan fingerprint density at radius 1 is 1.45 bits per heavy atom. The number of aliphatic hydroxyl groups excluding tert-OH is 1. The largest absolute Gasteiger partial charge is 0.748 e. The van der Waals surface area contributed by atoms with Gasteiger partial charge in [-0.2, -0.15) is 0 Å². The molecule has 1 N–H and O–H groups in total. The summed E-state index contributed by atoms with van der Waals surface area (Å²) >= 11 is 0. The van der Waals surface area contributed by atoms with Gasteiger partial charge in [-0.1, -0.05) is 0 Å². The highest BCUT2D eigenvalue weighted by atomic mass is 32.2. The van der Waals surface area contributed by atoms with Crippen molar-refractivity contribution in [2.75, 3.05) is 12.4 Å². The van der Waals surface area contributed by atoms with E-state index in [4.69, 9.17) is 5.11 Å². The molecule has 0 aliphatic heterocycles. The average Bonchev–Trinajstić information content (AvgIpc) is 1.55. The fourth-order valence-corrected chi connectivity index (χ4v) is 1.16. The fraction of sp³-hybridized carbons (Fsp3) is 1.00. The van der Waals surface area contributed by atoms with Crippen molar-refractivity contribution in [2.45, 2.75) is 12.3 Å². The number of hydrogen-bond donors (Lipinski definition) is 1. The van der Waals surface area contributed by atoms with Gasteiger partial charge in [0.15, 0.2) is 0 Å². The van der Waals surface area contributed by atoms with Crippen LogP contribution in [0.1, 0.15) is 6.42 Å². The van der Waals surface area contributed by atoms with E-state index in [1.165, 1.54) is 0 Å². The van der Waals surface area contributed by atoms with E-state index in [-0.39, 0.29) is 0 Å². The topological polar surface area (TPSA) is 77.4 Å². The summed E-state index contributed by atoms with van der Waals surface area (Å²) in [5.41, 5.74) is 0. The van der Waals surface area contributed by atoms with Crippen LogP contribution in [0.3, 0.4) is 0 Å². The average molecular weight is 189 g/mol. The van der Waals surface area contributed by atoms with E-state index in [0.29, 0.717) is 0 Å². The van der Waals surface area contributed by atoms with Crippen molar-refractivity contribution in [2.24, 2.45) is 0 Å². The molecule has 0 aromatic heterocycles. The lowest BCUT2D eigenvalue weighted by atomic mass is 10.3. The monoisotopic (exact) mass is 189 g/mol. The number of alkyl halides is 2. The second-order valence-corrected chi connectivity index (χ2v) is 3.44. The molecule has 0 saturated heterocycles. The second kappa shape index (κ2) is 3.42. The first kappa shape index (κ1) is 10.7. The van der Waals surface area contributed by atoms with E-state index < -0.39 is 34.8 Å². The summed E-state index contributed by atoms with van der Waals surface area (Å²) in [4.78, 5) is 0. The lowest BCUT2D eigenvalue weighted by Crippen LogP contribution is -2.28. The summed E-state index contributed by atoms with van der Waals surface area (Å²) in [6, 6.07) is 0. The molecule has 7 heteroatoms. The van der Waals surface area contributed by atoms with Crippen molar-refractivity contribution in [3.8, 4) is 0 Å². The third-order valence-electron chi connectivity index (χ3n) is 0.866. The zero-order valence-corrected chi connectivity index (χ0v) is 6.27. The molecule has 0 aliphatic rings. The molecule has 0 aromatic carbocycles. The molecule has 0 aromatic rings. The lowest BCUT2D eigenvalue weighted by molar-refractivity contribution is 0.0000232. The van der Waals surface area contributed by atoms with Crippen LogP contribution in [0.15, 0.2) is 0 Å². The molecule has 0 rings (SSSR count). The molecule has 0 unspecified atom stereocenters. The van der Waals surface area contributed by atoms with E-state index in [1.807, 2.05) is 0 Å². The summed E-state index contributed by atoms with van der Waals surface area (Å²) in [5, 5.41) is 8.02. The number of halogens is 2. The van der Waals surface area contributed by atoms with Crippen molar-refractivity contribution < 1.29 is 26.9 Å². The van der Waals surface area contributed by atoms with Crippen LogP contribution in [0, 0.1) is 0 Å². The predicted octanol–water partition coefficient (Wildman–Crippen LogP) is -0.451. The van der Waals surface area contributed by atoms with Crippen molar-refractivity contribution in [3.63, 3.8) is 0 Å². The maximum absolute atomic E-state index is 12.2. The first-order valence-corrected chi connectivity index (χ1v) is 4.27. The Labute approximate surface area is 62.6 Å². The Hall–Kier alpha value is -0.270. The minimum atomic E-state index is -4.92. The second-order valence-electron chi connectivity index (χ2n) is 2.03.